The summed E-state index contributed by atoms with van der Waals surface area (Å²) >= 11 is 0. The van der Waals surface area contributed by atoms with E-state index in [0.29, 0.717) is 30.5 Å². The molecule has 2 amide bonds. The summed E-state index contributed by atoms with van der Waals surface area (Å²) < 4.78 is 32.1. The van der Waals surface area contributed by atoms with Crippen molar-refractivity contribution in [1.82, 2.24) is 25.5 Å². The molecule has 2 aromatic carbocycles. The van der Waals surface area contributed by atoms with Crippen LogP contribution < -0.4 is 21.7 Å². The van der Waals surface area contributed by atoms with Gasteiger partial charge in [-0.05, 0) is 66.8 Å². The van der Waals surface area contributed by atoms with Gasteiger partial charge in [0.05, 0.1) is 19.6 Å². The highest BCUT2D eigenvalue weighted by Crippen LogP contribution is 2.21. The third kappa shape index (κ3) is 12.3. The summed E-state index contributed by atoms with van der Waals surface area (Å²) in [6.07, 6.45) is 4.39. The molecule has 0 radical (unpaired) electrons. The predicted octanol–water partition coefficient (Wildman–Crippen LogP) is 5.73. The molecule has 1 saturated heterocycles. The number of benzene rings is 2. The number of nitrogens with two attached hydrogens (primary N) is 1. The van der Waals surface area contributed by atoms with Crippen LogP contribution in [0.1, 0.15) is 68.0 Å². The minimum Gasteiger partial charge on any atom is -0.384 e. The van der Waals surface area contributed by atoms with Crippen LogP contribution in [0.2, 0.25) is 0 Å². The number of pyridine rings is 2. The van der Waals surface area contributed by atoms with Crippen molar-refractivity contribution >= 4 is 23.5 Å². The Kier molecular flexibility index (Phi) is 14.8. The van der Waals surface area contributed by atoms with Crippen molar-refractivity contribution in [3.63, 3.8) is 0 Å². The molecule has 0 saturated carbocycles. The molecule has 3 atom stereocenters. The first-order chi connectivity index (χ1) is 24.1. The Morgan fingerprint density at radius 3 is 2.20 bits per heavy atom. The molecule has 1 aliphatic heterocycles. The van der Waals surface area contributed by atoms with E-state index in [9.17, 15) is 18.4 Å². The molecule has 3 unspecified atom stereocenters. The molecule has 5 N–H and O–H groups in total. The van der Waals surface area contributed by atoms with E-state index in [1.165, 1.54) is 11.1 Å². The summed E-state index contributed by atoms with van der Waals surface area (Å²) in [4.78, 5) is 36.0. The number of anilines is 2. The minimum atomic E-state index is -0.793. The van der Waals surface area contributed by atoms with Crippen LogP contribution in [-0.4, -0.2) is 59.0 Å². The lowest BCUT2D eigenvalue weighted by Crippen LogP contribution is -2.44. The fourth-order valence-electron chi connectivity index (χ4n) is 5.47. The maximum absolute atomic E-state index is 13.4. The minimum absolute atomic E-state index is 0.0623. The molecule has 12 heteroatoms. The Balaban J connectivity index is 0.000000310. The standard InChI is InChI=1S/C27H30F2N4O2.C11H17N3O/c1-3-7-24(32-26(34)14-20-12-22(28)15-23(29)13-20)27(35)33-25-11-10-21(17-31-25)18(2)30-16-19-8-5-4-6-9-19;1-9(14-4-6-15-7-5-14)10-2-3-11(12)13-8-10/h4-6,8-13,15,17-18,24,30H,3,7,14,16H2,1-2H3,(H,32,34)(H,31,33,35);2-3,8-9H,4-7H2,1H3,(H2,12,13). The van der Waals surface area contributed by atoms with Crippen molar-refractivity contribution < 1.29 is 23.1 Å². The predicted molar refractivity (Wildman–Crippen MR) is 191 cm³/mol. The van der Waals surface area contributed by atoms with Crippen LogP contribution in [0, 0.1) is 11.6 Å². The lowest BCUT2D eigenvalue weighted by molar-refractivity contribution is -0.126. The Morgan fingerprint density at radius 2 is 1.58 bits per heavy atom. The molecular formula is C38H47F2N7O3. The first kappa shape index (κ1) is 38.0. The van der Waals surface area contributed by atoms with E-state index >= 15 is 0 Å². The molecule has 0 bridgehead atoms. The SMILES string of the molecule is CC(c1ccc(N)nc1)N1CCOCC1.CCCC(NC(=O)Cc1cc(F)cc(F)c1)C(=O)Nc1ccc(C(C)NCc2ccccc2)cn1. The molecule has 2 aromatic heterocycles. The highest BCUT2D eigenvalue weighted by molar-refractivity contribution is 5.96. The summed E-state index contributed by atoms with van der Waals surface area (Å²) in [5.41, 5.74) is 9.13. The van der Waals surface area contributed by atoms with Crippen molar-refractivity contribution in [3.05, 3.63) is 119 Å². The van der Waals surface area contributed by atoms with Crippen molar-refractivity contribution in [2.45, 2.75) is 64.7 Å². The van der Waals surface area contributed by atoms with E-state index in [-0.39, 0.29) is 18.0 Å². The van der Waals surface area contributed by atoms with E-state index in [2.05, 4.69) is 49.9 Å². The number of nitrogens with zero attached hydrogens (tertiary/aromatic N) is 3. The van der Waals surface area contributed by atoms with Gasteiger partial charge in [0.1, 0.15) is 29.3 Å². The van der Waals surface area contributed by atoms with Gasteiger partial charge in [0.25, 0.3) is 0 Å². The molecular weight excluding hydrogens is 640 g/mol. The highest BCUT2D eigenvalue weighted by atomic mass is 19.1. The van der Waals surface area contributed by atoms with Gasteiger partial charge in [-0.3, -0.25) is 14.5 Å². The van der Waals surface area contributed by atoms with Gasteiger partial charge in [-0.2, -0.15) is 0 Å². The molecule has 266 valence electrons. The van der Waals surface area contributed by atoms with Crippen LogP contribution in [0.3, 0.4) is 0 Å². The van der Waals surface area contributed by atoms with Crippen molar-refractivity contribution in [1.29, 1.82) is 0 Å². The van der Waals surface area contributed by atoms with Crippen LogP contribution in [0.15, 0.2) is 85.2 Å². The number of morpholine rings is 1. The second-order valence-electron chi connectivity index (χ2n) is 12.3. The molecule has 10 nitrogen and oxygen atoms in total. The lowest BCUT2D eigenvalue weighted by Gasteiger charge is -2.32. The zero-order valence-corrected chi connectivity index (χ0v) is 28.9. The Bertz CT molecular complexity index is 1620. The van der Waals surface area contributed by atoms with Crippen LogP contribution in [0.5, 0.6) is 0 Å². The number of nitrogen functional groups attached to an aromatic ring is 1. The average molecular weight is 688 g/mol. The monoisotopic (exact) mass is 687 g/mol. The number of hydrogen-bond donors (Lipinski definition) is 4. The molecule has 3 heterocycles. The van der Waals surface area contributed by atoms with Gasteiger partial charge in [0.15, 0.2) is 0 Å². The van der Waals surface area contributed by atoms with Crippen LogP contribution >= 0.6 is 0 Å². The normalized spacial score (nSPS) is 14.8. The van der Waals surface area contributed by atoms with Crippen LogP contribution in [0.4, 0.5) is 20.4 Å². The number of ether oxygens (including phenoxy) is 1. The summed E-state index contributed by atoms with van der Waals surface area (Å²) in [7, 11) is 0. The van der Waals surface area contributed by atoms with E-state index in [1.54, 1.807) is 12.3 Å². The van der Waals surface area contributed by atoms with Gasteiger partial charge in [-0.1, -0.05) is 55.8 Å². The number of amides is 2. The van der Waals surface area contributed by atoms with Crippen molar-refractivity contribution in [2.24, 2.45) is 0 Å². The Morgan fingerprint density at radius 1 is 0.900 bits per heavy atom. The fourth-order valence-corrected chi connectivity index (χ4v) is 5.47. The third-order valence-corrected chi connectivity index (χ3v) is 8.39. The van der Waals surface area contributed by atoms with Gasteiger partial charge in [-0.25, -0.2) is 18.7 Å². The number of hydrogen-bond acceptors (Lipinski definition) is 8. The third-order valence-electron chi connectivity index (χ3n) is 8.39. The Hall–Kier alpha value is -4.78. The van der Waals surface area contributed by atoms with Gasteiger partial charge in [-0.15, -0.1) is 0 Å². The molecule has 1 fully saturated rings. The number of nitrogens with one attached hydrogen (secondary N) is 3. The number of carbonyl (C=O) groups is 2. The topological polar surface area (TPSA) is 134 Å². The zero-order valence-electron chi connectivity index (χ0n) is 28.9. The largest absolute Gasteiger partial charge is 0.384 e. The van der Waals surface area contributed by atoms with Gasteiger partial charge in [0.2, 0.25) is 11.8 Å². The van der Waals surface area contributed by atoms with E-state index in [1.807, 2.05) is 56.4 Å². The van der Waals surface area contributed by atoms with E-state index < -0.39 is 29.5 Å². The van der Waals surface area contributed by atoms with E-state index in [4.69, 9.17) is 10.5 Å². The zero-order chi connectivity index (χ0) is 35.9. The summed E-state index contributed by atoms with van der Waals surface area (Å²) in [5.74, 6) is -1.46. The summed E-state index contributed by atoms with van der Waals surface area (Å²) in [6, 6.07) is 20.2. The Labute approximate surface area is 292 Å². The summed E-state index contributed by atoms with van der Waals surface area (Å²) in [5, 5.41) is 8.82. The quantitative estimate of drug-likeness (QED) is 0.140. The maximum atomic E-state index is 13.4. The maximum Gasteiger partial charge on any atom is 0.248 e. The molecule has 4 aromatic rings. The van der Waals surface area contributed by atoms with Gasteiger partial charge < -0.3 is 26.4 Å². The number of halogens is 2. The van der Waals surface area contributed by atoms with Gasteiger partial charge in [0, 0.05) is 50.2 Å². The van der Waals surface area contributed by atoms with Crippen LogP contribution in [-0.2, 0) is 27.3 Å². The first-order valence-corrected chi connectivity index (χ1v) is 16.9. The fraction of sp³-hybridized carbons (Fsp3) is 0.368. The van der Waals surface area contributed by atoms with E-state index in [0.717, 1.165) is 56.6 Å². The van der Waals surface area contributed by atoms with Crippen molar-refractivity contribution in [2.75, 3.05) is 37.4 Å². The first-order valence-electron chi connectivity index (χ1n) is 16.9. The molecule has 50 heavy (non-hydrogen) atoms. The smallest absolute Gasteiger partial charge is 0.248 e. The number of rotatable bonds is 13. The highest BCUT2D eigenvalue weighted by Gasteiger charge is 2.21. The number of carbonyl (C=O) groups excluding carboxylic acids is 2. The summed E-state index contributed by atoms with van der Waals surface area (Å²) in [6.45, 7) is 10.5. The second-order valence-corrected chi connectivity index (χ2v) is 12.3. The molecule has 5 rings (SSSR count). The lowest BCUT2D eigenvalue weighted by atomic mass is 10.1. The van der Waals surface area contributed by atoms with Crippen molar-refractivity contribution in [3.8, 4) is 0 Å². The molecule has 0 aliphatic carbocycles. The molecule has 0 spiro atoms. The van der Waals surface area contributed by atoms with Gasteiger partial charge >= 0.3 is 0 Å². The van der Waals surface area contributed by atoms with Crippen LogP contribution in [0.25, 0.3) is 0 Å². The molecule has 1 aliphatic rings. The number of aromatic nitrogens is 2. The average Bonchev–Trinajstić information content (AvgIpc) is 3.11. The second kappa shape index (κ2) is 19.4.